The first-order valence-electron chi connectivity index (χ1n) is 5.31. The van der Waals surface area contributed by atoms with Gasteiger partial charge in [-0.2, -0.15) is 0 Å². The minimum absolute atomic E-state index is 0.117. The smallest absolute Gasteiger partial charge is 0.276 e. The van der Waals surface area contributed by atoms with Gasteiger partial charge in [0.05, 0.1) is 0 Å². The van der Waals surface area contributed by atoms with Crippen LogP contribution in [0.1, 0.15) is 21.6 Å². The minimum Gasteiger partial charge on any atom is -0.399 e. The highest BCUT2D eigenvalue weighted by molar-refractivity contribution is 5.92. The van der Waals surface area contributed by atoms with Crippen LogP contribution in [0, 0.1) is 0 Å². The second-order valence-electron chi connectivity index (χ2n) is 4.07. The molecule has 17 heavy (non-hydrogen) atoms. The van der Waals surface area contributed by atoms with Crippen LogP contribution in [0.25, 0.3) is 0 Å². The summed E-state index contributed by atoms with van der Waals surface area (Å²) in [5.41, 5.74) is 9.01. The van der Waals surface area contributed by atoms with Crippen LogP contribution in [-0.2, 0) is 13.1 Å². The molecule has 1 amide bonds. The fourth-order valence-electron chi connectivity index (χ4n) is 2.04. The average molecular weight is 229 g/mol. The van der Waals surface area contributed by atoms with Crippen LogP contribution in [0.4, 0.5) is 5.69 Å². The summed E-state index contributed by atoms with van der Waals surface area (Å²) in [7, 11) is 0. The Bertz CT molecular complexity index is 563. The quantitative estimate of drug-likeness (QED) is 0.750. The maximum Gasteiger partial charge on any atom is 0.276 e. The summed E-state index contributed by atoms with van der Waals surface area (Å²) in [4.78, 5) is 13.8. The third-order valence-corrected chi connectivity index (χ3v) is 2.90. The molecule has 1 aliphatic rings. The summed E-state index contributed by atoms with van der Waals surface area (Å²) in [6.45, 7) is 1.17. The molecule has 2 N–H and O–H groups in total. The van der Waals surface area contributed by atoms with Gasteiger partial charge in [0.25, 0.3) is 5.91 Å². The molecule has 2 heterocycles. The Morgan fingerprint density at radius 2 is 2.12 bits per heavy atom. The first kappa shape index (κ1) is 9.89. The topological polar surface area (TPSA) is 72.4 Å². The summed E-state index contributed by atoms with van der Waals surface area (Å²) in [6, 6.07) is 7.29. The molecule has 0 radical (unpaired) electrons. The zero-order chi connectivity index (χ0) is 11.8. The Kier molecular flexibility index (Phi) is 2.11. The molecule has 3 rings (SSSR count). The standard InChI is InChI=1S/C12H11N3O2/c13-10-2-1-8-6-15(7-9(8)5-10)12(16)11-3-4-17-14-11/h1-5H,6-7,13H2. The molecule has 1 aromatic heterocycles. The Morgan fingerprint density at radius 3 is 2.88 bits per heavy atom. The van der Waals surface area contributed by atoms with Gasteiger partial charge in [0, 0.05) is 24.8 Å². The van der Waals surface area contributed by atoms with Crippen LogP contribution < -0.4 is 5.73 Å². The third kappa shape index (κ3) is 1.65. The van der Waals surface area contributed by atoms with Crippen molar-refractivity contribution in [2.75, 3.05) is 5.73 Å². The van der Waals surface area contributed by atoms with Crippen molar-refractivity contribution in [1.82, 2.24) is 10.1 Å². The first-order valence-corrected chi connectivity index (χ1v) is 5.31. The van der Waals surface area contributed by atoms with Gasteiger partial charge in [-0.15, -0.1) is 0 Å². The second kappa shape index (κ2) is 3.62. The molecule has 1 aromatic carbocycles. The lowest BCUT2D eigenvalue weighted by molar-refractivity contribution is 0.0741. The molecule has 1 aliphatic heterocycles. The molecule has 0 spiro atoms. The maximum atomic E-state index is 12.0. The van der Waals surface area contributed by atoms with Crippen molar-refractivity contribution >= 4 is 11.6 Å². The average Bonchev–Trinajstić information content (AvgIpc) is 2.96. The molecule has 5 heteroatoms. The number of benzene rings is 1. The first-order chi connectivity index (χ1) is 8.24. The lowest BCUT2D eigenvalue weighted by atomic mass is 10.1. The van der Waals surface area contributed by atoms with Gasteiger partial charge in [0.15, 0.2) is 5.69 Å². The van der Waals surface area contributed by atoms with Crippen LogP contribution in [0.15, 0.2) is 35.1 Å². The number of nitrogens with zero attached hydrogens (tertiary/aromatic N) is 2. The highest BCUT2D eigenvalue weighted by Crippen LogP contribution is 2.25. The Hall–Kier alpha value is -2.30. The van der Waals surface area contributed by atoms with Crippen molar-refractivity contribution in [2.24, 2.45) is 0 Å². The number of nitrogen functional groups attached to an aromatic ring is 1. The minimum atomic E-state index is -0.117. The summed E-state index contributed by atoms with van der Waals surface area (Å²) in [6.07, 6.45) is 1.40. The number of hydrogen-bond acceptors (Lipinski definition) is 4. The van der Waals surface area contributed by atoms with E-state index in [1.807, 2.05) is 18.2 Å². The number of carbonyl (C=O) groups excluding carboxylic acids is 1. The van der Waals surface area contributed by atoms with Crippen molar-refractivity contribution in [3.05, 3.63) is 47.3 Å². The number of fused-ring (bicyclic) bond motifs is 1. The molecule has 0 aliphatic carbocycles. The van der Waals surface area contributed by atoms with E-state index < -0.39 is 0 Å². The predicted molar refractivity (Wildman–Crippen MR) is 60.9 cm³/mol. The van der Waals surface area contributed by atoms with Crippen molar-refractivity contribution in [3.63, 3.8) is 0 Å². The highest BCUT2D eigenvalue weighted by Gasteiger charge is 2.25. The van der Waals surface area contributed by atoms with E-state index in [1.54, 1.807) is 11.0 Å². The molecule has 86 valence electrons. The number of nitrogens with two attached hydrogens (primary N) is 1. The van der Waals surface area contributed by atoms with Gasteiger partial charge in [-0.25, -0.2) is 0 Å². The molecule has 0 unspecified atom stereocenters. The number of hydrogen-bond donors (Lipinski definition) is 1. The summed E-state index contributed by atoms with van der Waals surface area (Å²) in [5, 5.41) is 3.65. The molecule has 5 nitrogen and oxygen atoms in total. The second-order valence-corrected chi connectivity index (χ2v) is 4.07. The zero-order valence-corrected chi connectivity index (χ0v) is 9.09. The fraction of sp³-hybridized carbons (Fsp3) is 0.167. The van der Waals surface area contributed by atoms with Gasteiger partial charge in [0.1, 0.15) is 6.26 Å². The number of amides is 1. The van der Waals surface area contributed by atoms with E-state index in [0.29, 0.717) is 18.8 Å². The van der Waals surface area contributed by atoms with Crippen LogP contribution in [0.2, 0.25) is 0 Å². The van der Waals surface area contributed by atoms with Gasteiger partial charge in [-0.1, -0.05) is 11.2 Å². The van der Waals surface area contributed by atoms with E-state index >= 15 is 0 Å². The molecule has 2 aromatic rings. The predicted octanol–water partition coefficient (Wildman–Crippen LogP) is 1.41. The molecular weight excluding hydrogens is 218 g/mol. The lowest BCUT2D eigenvalue weighted by Crippen LogP contribution is -2.25. The van der Waals surface area contributed by atoms with Crippen LogP contribution in [0.5, 0.6) is 0 Å². The summed E-state index contributed by atoms with van der Waals surface area (Å²) in [5.74, 6) is -0.117. The summed E-state index contributed by atoms with van der Waals surface area (Å²) >= 11 is 0. The van der Waals surface area contributed by atoms with Crippen LogP contribution in [0.3, 0.4) is 0 Å². The van der Waals surface area contributed by atoms with Gasteiger partial charge in [-0.05, 0) is 23.3 Å². The Balaban J connectivity index is 1.85. The van der Waals surface area contributed by atoms with Crippen molar-refractivity contribution in [2.45, 2.75) is 13.1 Å². The normalized spacial score (nSPS) is 13.8. The fourth-order valence-corrected chi connectivity index (χ4v) is 2.04. The number of rotatable bonds is 1. The van der Waals surface area contributed by atoms with E-state index in [2.05, 4.69) is 9.68 Å². The summed E-state index contributed by atoms with van der Waals surface area (Å²) < 4.78 is 4.67. The number of aromatic nitrogens is 1. The van der Waals surface area contributed by atoms with E-state index in [-0.39, 0.29) is 5.91 Å². The van der Waals surface area contributed by atoms with E-state index in [4.69, 9.17) is 5.73 Å². The zero-order valence-electron chi connectivity index (χ0n) is 9.09. The van der Waals surface area contributed by atoms with Crippen LogP contribution >= 0.6 is 0 Å². The lowest BCUT2D eigenvalue weighted by Gasteiger charge is -2.12. The number of carbonyl (C=O) groups is 1. The van der Waals surface area contributed by atoms with Crippen molar-refractivity contribution in [1.29, 1.82) is 0 Å². The van der Waals surface area contributed by atoms with Gasteiger partial charge >= 0.3 is 0 Å². The molecular formula is C12H11N3O2. The molecule has 0 fully saturated rings. The molecule has 0 saturated carbocycles. The maximum absolute atomic E-state index is 12.0. The van der Waals surface area contributed by atoms with Crippen molar-refractivity contribution < 1.29 is 9.32 Å². The Labute approximate surface area is 97.8 Å². The molecule has 0 saturated heterocycles. The van der Waals surface area contributed by atoms with E-state index in [9.17, 15) is 4.79 Å². The molecule has 0 bridgehead atoms. The Morgan fingerprint density at radius 1 is 1.29 bits per heavy atom. The van der Waals surface area contributed by atoms with Gasteiger partial charge in [-0.3, -0.25) is 4.79 Å². The van der Waals surface area contributed by atoms with Crippen LogP contribution in [-0.4, -0.2) is 16.0 Å². The van der Waals surface area contributed by atoms with E-state index in [0.717, 1.165) is 16.8 Å². The van der Waals surface area contributed by atoms with E-state index in [1.165, 1.54) is 6.26 Å². The third-order valence-electron chi connectivity index (χ3n) is 2.90. The number of anilines is 1. The van der Waals surface area contributed by atoms with Gasteiger partial charge in [0.2, 0.25) is 0 Å². The highest BCUT2D eigenvalue weighted by atomic mass is 16.5. The van der Waals surface area contributed by atoms with Gasteiger partial charge < -0.3 is 15.2 Å². The molecule has 0 atom stereocenters. The monoisotopic (exact) mass is 229 g/mol. The SMILES string of the molecule is Nc1ccc2c(c1)CN(C(=O)c1ccon1)C2. The van der Waals surface area contributed by atoms with Crippen molar-refractivity contribution in [3.8, 4) is 0 Å². The largest absolute Gasteiger partial charge is 0.399 e.